The van der Waals surface area contributed by atoms with Gasteiger partial charge in [-0.2, -0.15) is 13.2 Å². The molecule has 0 N–H and O–H groups in total. The van der Waals surface area contributed by atoms with Crippen molar-refractivity contribution in [3.8, 4) is 0 Å². The van der Waals surface area contributed by atoms with Crippen LogP contribution >= 0.6 is 0 Å². The molecule has 18 heavy (non-hydrogen) atoms. The van der Waals surface area contributed by atoms with Crippen LogP contribution < -0.4 is 5.56 Å². The standard InChI is InChI=1S/C13H10F3NO/c14-13(15,16)11-6-2-1-5-10(11)9-17-8-4-3-7-12(17)18/h1-8H,9H2. The zero-order valence-electron chi connectivity index (χ0n) is 9.32. The van der Waals surface area contributed by atoms with Crippen LogP contribution in [0.5, 0.6) is 0 Å². The summed E-state index contributed by atoms with van der Waals surface area (Å²) in [7, 11) is 0. The van der Waals surface area contributed by atoms with E-state index in [1.165, 1.54) is 35.0 Å². The van der Waals surface area contributed by atoms with Gasteiger partial charge >= 0.3 is 6.18 Å². The van der Waals surface area contributed by atoms with Gasteiger partial charge in [-0.25, -0.2) is 0 Å². The maximum atomic E-state index is 12.8. The van der Waals surface area contributed by atoms with E-state index in [1.807, 2.05) is 0 Å². The molecule has 0 saturated carbocycles. The predicted octanol–water partition coefficient (Wildman–Crippen LogP) is 2.92. The van der Waals surface area contributed by atoms with Gasteiger partial charge in [-0.15, -0.1) is 0 Å². The molecule has 0 atom stereocenters. The zero-order chi connectivity index (χ0) is 13.2. The Hall–Kier alpha value is -2.04. The van der Waals surface area contributed by atoms with E-state index in [2.05, 4.69) is 0 Å². The summed E-state index contributed by atoms with van der Waals surface area (Å²) >= 11 is 0. The van der Waals surface area contributed by atoms with Crippen molar-refractivity contribution in [3.63, 3.8) is 0 Å². The van der Waals surface area contributed by atoms with E-state index in [4.69, 9.17) is 0 Å². The summed E-state index contributed by atoms with van der Waals surface area (Å²) < 4.78 is 39.5. The lowest BCUT2D eigenvalue weighted by Crippen LogP contribution is -2.20. The fourth-order valence-electron chi connectivity index (χ4n) is 1.71. The monoisotopic (exact) mass is 253 g/mol. The van der Waals surface area contributed by atoms with Gasteiger partial charge in [0.2, 0.25) is 0 Å². The van der Waals surface area contributed by atoms with Gasteiger partial charge in [0.1, 0.15) is 0 Å². The highest BCUT2D eigenvalue weighted by molar-refractivity contribution is 5.29. The van der Waals surface area contributed by atoms with Crippen molar-refractivity contribution in [1.29, 1.82) is 0 Å². The maximum Gasteiger partial charge on any atom is 0.416 e. The lowest BCUT2D eigenvalue weighted by atomic mass is 10.1. The Bertz CT molecular complexity index is 601. The lowest BCUT2D eigenvalue weighted by Gasteiger charge is -2.13. The van der Waals surface area contributed by atoms with E-state index in [0.29, 0.717) is 0 Å². The molecule has 0 aliphatic rings. The second-order valence-corrected chi connectivity index (χ2v) is 3.82. The van der Waals surface area contributed by atoms with E-state index in [9.17, 15) is 18.0 Å². The van der Waals surface area contributed by atoms with Gasteiger partial charge in [0.25, 0.3) is 5.56 Å². The number of benzene rings is 1. The van der Waals surface area contributed by atoms with Crippen LogP contribution in [-0.2, 0) is 12.7 Å². The van der Waals surface area contributed by atoms with E-state index in [0.717, 1.165) is 6.07 Å². The first-order valence-corrected chi connectivity index (χ1v) is 5.29. The molecule has 0 saturated heterocycles. The number of hydrogen-bond donors (Lipinski definition) is 0. The Morgan fingerprint density at radius 2 is 1.67 bits per heavy atom. The quantitative estimate of drug-likeness (QED) is 0.806. The average Bonchev–Trinajstić information content (AvgIpc) is 2.31. The molecule has 5 heteroatoms. The number of halogens is 3. The van der Waals surface area contributed by atoms with Crippen molar-refractivity contribution in [2.45, 2.75) is 12.7 Å². The van der Waals surface area contributed by atoms with Gasteiger partial charge in [-0.1, -0.05) is 24.3 Å². The minimum atomic E-state index is -4.41. The van der Waals surface area contributed by atoms with Crippen LogP contribution in [0, 0.1) is 0 Å². The van der Waals surface area contributed by atoms with Gasteiger partial charge < -0.3 is 4.57 Å². The van der Waals surface area contributed by atoms with Gasteiger partial charge in [-0.3, -0.25) is 4.79 Å². The molecule has 0 spiro atoms. The molecule has 0 unspecified atom stereocenters. The van der Waals surface area contributed by atoms with E-state index in [-0.39, 0.29) is 17.7 Å². The van der Waals surface area contributed by atoms with Gasteiger partial charge in [0.05, 0.1) is 12.1 Å². The number of rotatable bonds is 2. The minimum absolute atomic E-state index is 0.0818. The number of hydrogen-bond acceptors (Lipinski definition) is 1. The Morgan fingerprint density at radius 3 is 2.33 bits per heavy atom. The van der Waals surface area contributed by atoms with Crippen LogP contribution in [-0.4, -0.2) is 4.57 Å². The summed E-state index contributed by atoms with van der Waals surface area (Å²) in [5, 5.41) is 0. The topological polar surface area (TPSA) is 22.0 Å². The molecule has 0 bridgehead atoms. The molecule has 0 radical (unpaired) electrons. The molecular weight excluding hydrogens is 243 g/mol. The van der Waals surface area contributed by atoms with Crippen LogP contribution in [0.25, 0.3) is 0 Å². The van der Waals surface area contributed by atoms with Crippen LogP contribution in [0.3, 0.4) is 0 Å². The maximum absolute atomic E-state index is 12.8. The Balaban J connectivity index is 2.42. The largest absolute Gasteiger partial charge is 0.416 e. The van der Waals surface area contributed by atoms with Gasteiger partial charge in [0, 0.05) is 12.3 Å². The lowest BCUT2D eigenvalue weighted by molar-refractivity contribution is -0.138. The third kappa shape index (κ3) is 2.61. The predicted molar refractivity (Wildman–Crippen MR) is 61.2 cm³/mol. The number of pyridine rings is 1. The highest BCUT2D eigenvalue weighted by atomic mass is 19.4. The molecule has 0 fully saturated rings. The molecule has 0 aliphatic carbocycles. The van der Waals surface area contributed by atoms with Crippen molar-refractivity contribution in [2.75, 3.05) is 0 Å². The number of nitrogens with zero attached hydrogens (tertiary/aromatic N) is 1. The third-order valence-electron chi connectivity index (χ3n) is 2.56. The molecule has 0 aliphatic heterocycles. The summed E-state index contributed by atoms with van der Waals surface area (Å²) in [4.78, 5) is 11.5. The first kappa shape index (κ1) is 12.4. The fourth-order valence-corrected chi connectivity index (χ4v) is 1.71. The summed E-state index contributed by atoms with van der Waals surface area (Å²) in [5.74, 6) is 0. The number of alkyl halides is 3. The fraction of sp³-hybridized carbons (Fsp3) is 0.154. The van der Waals surface area contributed by atoms with Crippen LogP contribution in [0.1, 0.15) is 11.1 Å². The molecule has 2 rings (SSSR count). The second kappa shape index (κ2) is 4.68. The minimum Gasteiger partial charge on any atom is -0.311 e. The summed E-state index contributed by atoms with van der Waals surface area (Å²) in [6.45, 7) is -0.0879. The molecule has 0 amide bonds. The van der Waals surface area contributed by atoms with Crippen molar-refractivity contribution in [1.82, 2.24) is 4.57 Å². The summed E-state index contributed by atoms with van der Waals surface area (Å²) in [5.41, 5.74) is -0.950. The third-order valence-corrected chi connectivity index (χ3v) is 2.56. The van der Waals surface area contributed by atoms with Crippen molar-refractivity contribution >= 4 is 0 Å². The molecule has 2 nitrogen and oxygen atoms in total. The summed E-state index contributed by atoms with van der Waals surface area (Å²) in [6, 6.07) is 9.73. The Labute approximate surface area is 101 Å². The second-order valence-electron chi connectivity index (χ2n) is 3.82. The van der Waals surface area contributed by atoms with Gasteiger partial charge in [0.15, 0.2) is 0 Å². The zero-order valence-corrected chi connectivity index (χ0v) is 9.32. The van der Waals surface area contributed by atoms with Crippen molar-refractivity contribution in [3.05, 3.63) is 70.1 Å². The smallest absolute Gasteiger partial charge is 0.311 e. The molecule has 1 aromatic carbocycles. The average molecular weight is 253 g/mol. The van der Waals surface area contributed by atoms with Gasteiger partial charge in [-0.05, 0) is 17.7 Å². The van der Waals surface area contributed by atoms with Crippen molar-refractivity contribution < 1.29 is 13.2 Å². The first-order chi connectivity index (χ1) is 8.48. The van der Waals surface area contributed by atoms with E-state index < -0.39 is 11.7 Å². The molecule has 1 heterocycles. The Kier molecular flexibility index (Phi) is 3.23. The molecule has 94 valence electrons. The summed E-state index contributed by atoms with van der Waals surface area (Å²) in [6.07, 6.45) is -2.94. The van der Waals surface area contributed by atoms with Crippen LogP contribution in [0.2, 0.25) is 0 Å². The van der Waals surface area contributed by atoms with Crippen LogP contribution in [0.4, 0.5) is 13.2 Å². The Morgan fingerprint density at radius 1 is 1.00 bits per heavy atom. The molecular formula is C13H10F3NO. The molecule has 1 aromatic heterocycles. The SMILES string of the molecule is O=c1ccccn1Cc1ccccc1C(F)(F)F. The number of aromatic nitrogens is 1. The highest BCUT2D eigenvalue weighted by Crippen LogP contribution is 2.31. The van der Waals surface area contributed by atoms with Crippen LogP contribution in [0.15, 0.2) is 53.5 Å². The highest BCUT2D eigenvalue weighted by Gasteiger charge is 2.32. The van der Waals surface area contributed by atoms with E-state index >= 15 is 0 Å². The molecule has 2 aromatic rings. The van der Waals surface area contributed by atoms with E-state index in [1.54, 1.807) is 12.1 Å². The first-order valence-electron chi connectivity index (χ1n) is 5.29. The van der Waals surface area contributed by atoms with Crippen molar-refractivity contribution in [2.24, 2.45) is 0 Å². The normalized spacial score (nSPS) is 11.5.